The number of esters is 1. The maximum atomic E-state index is 10.4. The van der Waals surface area contributed by atoms with Crippen molar-refractivity contribution in [3.63, 3.8) is 0 Å². The topological polar surface area (TPSA) is 80.7 Å². The Morgan fingerprint density at radius 1 is 1.29 bits per heavy atom. The number of hydrogen-bond donors (Lipinski definition) is 1. The van der Waals surface area contributed by atoms with Crippen LogP contribution in [-0.4, -0.2) is 26.0 Å². The summed E-state index contributed by atoms with van der Waals surface area (Å²) < 4.78 is 33.5. The summed E-state index contributed by atoms with van der Waals surface area (Å²) in [4.78, 5) is 10.1. The SMILES string of the molecule is C=C(C)C(=O)OC.O=S(=O)(O)c1ccccc1. The third-order valence-corrected chi connectivity index (χ3v) is 2.44. The first-order valence-electron chi connectivity index (χ1n) is 4.55. The summed E-state index contributed by atoms with van der Waals surface area (Å²) >= 11 is 0. The molecule has 17 heavy (non-hydrogen) atoms. The van der Waals surface area contributed by atoms with Crippen molar-refractivity contribution < 1.29 is 22.5 Å². The van der Waals surface area contributed by atoms with Crippen LogP contribution < -0.4 is 0 Å². The minimum Gasteiger partial charge on any atom is -0.466 e. The van der Waals surface area contributed by atoms with Gasteiger partial charge in [0.1, 0.15) is 0 Å². The van der Waals surface area contributed by atoms with Gasteiger partial charge in [0.25, 0.3) is 10.1 Å². The molecular formula is C11H14O5S. The van der Waals surface area contributed by atoms with Gasteiger partial charge in [0.2, 0.25) is 0 Å². The molecule has 1 rings (SSSR count). The predicted octanol–water partition coefficient (Wildman–Crippen LogP) is 1.67. The molecule has 0 aliphatic rings. The monoisotopic (exact) mass is 258 g/mol. The molecule has 0 radical (unpaired) electrons. The summed E-state index contributed by atoms with van der Waals surface area (Å²) in [6.07, 6.45) is 0. The molecule has 0 unspecified atom stereocenters. The Morgan fingerprint density at radius 3 is 1.94 bits per heavy atom. The number of rotatable bonds is 2. The largest absolute Gasteiger partial charge is 0.466 e. The lowest BCUT2D eigenvalue weighted by Gasteiger charge is -1.92. The van der Waals surface area contributed by atoms with Crippen molar-refractivity contribution in [1.82, 2.24) is 0 Å². The normalized spacial score (nSPS) is 9.82. The lowest BCUT2D eigenvalue weighted by molar-refractivity contribution is -0.136. The molecule has 0 heterocycles. The third-order valence-electron chi connectivity index (χ3n) is 1.57. The zero-order chi connectivity index (χ0) is 13.5. The second-order valence-electron chi connectivity index (χ2n) is 3.06. The Kier molecular flexibility index (Phi) is 6.16. The summed E-state index contributed by atoms with van der Waals surface area (Å²) in [6, 6.07) is 7.42. The Morgan fingerprint density at radius 2 is 1.76 bits per heavy atom. The highest BCUT2D eigenvalue weighted by Gasteiger charge is 2.05. The molecule has 6 heteroatoms. The molecule has 94 valence electrons. The van der Waals surface area contributed by atoms with Crippen LogP contribution in [0.15, 0.2) is 47.4 Å². The molecule has 5 nitrogen and oxygen atoms in total. The molecule has 0 amide bonds. The van der Waals surface area contributed by atoms with E-state index in [4.69, 9.17) is 4.55 Å². The number of hydrogen-bond acceptors (Lipinski definition) is 4. The second kappa shape index (κ2) is 6.82. The molecule has 0 saturated carbocycles. The van der Waals surface area contributed by atoms with Crippen molar-refractivity contribution in [2.45, 2.75) is 11.8 Å². The fraction of sp³-hybridized carbons (Fsp3) is 0.182. The van der Waals surface area contributed by atoms with Gasteiger partial charge >= 0.3 is 5.97 Å². The van der Waals surface area contributed by atoms with Crippen LogP contribution in [0.4, 0.5) is 0 Å². The van der Waals surface area contributed by atoms with E-state index in [-0.39, 0.29) is 10.9 Å². The molecular weight excluding hydrogens is 244 g/mol. The lowest BCUT2D eigenvalue weighted by atomic mass is 10.4. The van der Waals surface area contributed by atoms with Gasteiger partial charge < -0.3 is 4.74 Å². The number of carbonyl (C=O) groups excluding carboxylic acids is 1. The van der Waals surface area contributed by atoms with Crippen molar-refractivity contribution >= 4 is 16.1 Å². The van der Waals surface area contributed by atoms with Gasteiger partial charge in [-0.25, -0.2) is 4.79 Å². The van der Waals surface area contributed by atoms with E-state index in [1.165, 1.54) is 19.2 Å². The van der Waals surface area contributed by atoms with Crippen LogP contribution in [0.1, 0.15) is 6.92 Å². The van der Waals surface area contributed by atoms with E-state index in [0.29, 0.717) is 5.57 Å². The predicted molar refractivity (Wildman–Crippen MR) is 63.1 cm³/mol. The highest BCUT2D eigenvalue weighted by atomic mass is 32.2. The van der Waals surface area contributed by atoms with Crippen LogP contribution in [0.2, 0.25) is 0 Å². The van der Waals surface area contributed by atoms with E-state index in [1.807, 2.05) is 0 Å². The van der Waals surface area contributed by atoms with Gasteiger partial charge in [-0.15, -0.1) is 0 Å². The van der Waals surface area contributed by atoms with E-state index in [0.717, 1.165) is 0 Å². The quantitative estimate of drug-likeness (QED) is 0.496. The Balaban J connectivity index is 0.000000325. The first-order valence-corrected chi connectivity index (χ1v) is 5.99. The fourth-order valence-electron chi connectivity index (χ4n) is 0.767. The second-order valence-corrected chi connectivity index (χ2v) is 4.48. The molecule has 0 fully saturated rings. The Labute approximate surface area is 100 Å². The molecule has 0 bridgehead atoms. The van der Waals surface area contributed by atoms with Crippen LogP contribution in [0.25, 0.3) is 0 Å². The number of methoxy groups -OCH3 is 1. The van der Waals surface area contributed by atoms with Gasteiger partial charge in [-0.05, 0) is 19.1 Å². The Hall–Kier alpha value is -1.66. The van der Waals surface area contributed by atoms with Gasteiger partial charge in [-0.3, -0.25) is 4.55 Å². The van der Waals surface area contributed by atoms with Crippen LogP contribution in [0.3, 0.4) is 0 Å². The first-order chi connectivity index (χ1) is 7.79. The summed E-state index contributed by atoms with van der Waals surface area (Å²) in [5, 5.41) is 0. The van der Waals surface area contributed by atoms with Crippen LogP contribution in [0.5, 0.6) is 0 Å². The molecule has 0 spiro atoms. The number of ether oxygens (including phenoxy) is 1. The average molecular weight is 258 g/mol. The van der Waals surface area contributed by atoms with E-state index in [9.17, 15) is 13.2 Å². The van der Waals surface area contributed by atoms with Crippen molar-refractivity contribution in [1.29, 1.82) is 0 Å². The van der Waals surface area contributed by atoms with Crippen molar-refractivity contribution in [2.75, 3.05) is 7.11 Å². The zero-order valence-electron chi connectivity index (χ0n) is 9.58. The highest BCUT2D eigenvalue weighted by Crippen LogP contribution is 2.05. The summed E-state index contributed by atoms with van der Waals surface area (Å²) in [6.45, 7) is 4.95. The van der Waals surface area contributed by atoms with Crippen LogP contribution >= 0.6 is 0 Å². The van der Waals surface area contributed by atoms with Crippen molar-refractivity contribution in [2.24, 2.45) is 0 Å². The molecule has 0 aromatic heterocycles. The summed E-state index contributed by atoms with van der Waals surface area (Å²) in [5.41, 5.74) is 0.433. The smallest absolute Gasteiger partial charge is 0.332 e. The minimum absolute atomic E-state index is 0.0741. The van der Waals surface area contributed by atoms with Gasteiger partial charge in [0, 0.05) is 5.57 Å². The number of benzene rings is 1. The van der Waals surface area contributed by atoms with Gasteiger partial charge in [0.15, 0.2) is 0 Å². The molecule has 1 aromatic carbocycles. The van der Waals surface area contributed by atoms with Gasteiger partial charge in [-0.2, -0.15) is 8.42 Å². The highest BCUT2D eigenvalue weighted by molar-refractivity contribution is 7.85. The summed E-state index contributed by atoms with van der Waals surface area (Å²) in [5.74, 6) is -0.347. The molecule has 0 aliphatic carbocycles. The van der Waals surface area contributed by atoms with Crippen LogP contribution in [-0.2, 0) is 19.6 Å². The molecule has 1 aromatic rings. The first kappa shape index (κ1) is 15.3. The van der Waals surface area contributed by atoms with E-state index >= 15 is 0 Å². The molecule has 0 aliphatic heterocycles. The van der Waals surface area contributed by atoms with E-state index in [2.05, 4.69) is 11.3 Å². The zero-order valence-corrected chi connectivity index (χ0v) is 10.4. The Bertz CT molecular complexity index is 476. The average Bonchev–Trinajstić information content (AvgIpc) is 2.28. The summed E-state index contributed by atoms with van der Waals surface area (Å²) in [7, 11) is -2.67. The molecule has 1 N–H and O–H groups in total. The lowest BCUT2D eigenvalue weighted by Crippen LogP contribution is -1.98. The standard InChI is InChI=1S/C6H6O3S.C5H8O2/c7-10(8,9)6-4-2-1-3-5-6;1-4(2)5(6)7-3/h1-5H,(H,7,8,9);1H2,2-3H3. The number of carbonyl (C=O) groups is 1. The van der Waals surface area contributed by atoms with Gasteiger partial charge in [0.05, 0.1) is 12.0 Å². The van der Waals surface area contributed by atoms with E-state index < -0.39 is 10.1 Å². The molecule has 0 saturated heterocycles. The third kappa shape index (κ3) is 6.49. The maximum Gasteiger partial charge on any atom is 0.332 e. The van der Waals surface area contributed by atoms with Gasteiger partial charge in [-0.1, -0.05) is 24.8 Å². The van der Waals surface area contributed by atoms with Crippen molar-refractivity contribution in [3.05, 3.63) is 42.5 Å². The van der Waals surface area contributed by atoms with Crippen molar-refractivity contribution in [3.8, 4) is 0 Å². The minimum atomic E-state index is -4.00. The molecule has 0 atom stereocenters. The maximum absolute atomic E-state index is 10.4. The van der Waals surface area contributed by atoms with E-state index in [1.54, 1.807) is 25.1 Å². The van der Waals surface area contributed by atoms with Crippen LogP contribution in [0, 0.1) is 0 Å². The fourth-order valence-corrected chi connectivity index (χ4v) is 1.27.